The average molecular weight is 472 g/mol. The molecular weight excluding hydrogens is 452 g/mol. The van der Waals surface area contributed by atoms with Gasteiger partial charge in [-0.3, -0.25) is 4.98 Å². The number of nitrogens with zero attached hydrogens (tertiary/aromatic N) is 1. The lowest BCUT2D eigenvalue weighted by Gasteiger charge is -2.17. The number of hydrogen-bond donors (Lipinski definition) is 3. The molecule has 0 radical (unpaired) electrons. The molecule has 0 atom stereocenters. The van der Waals surface area contributed by atoms with E-state index < -0.39 is 5.75 Å². The summed E-state index contributed by atoms with van der Waals surface area (Å²) in [5, 5.41) is 30.6. The van der Waals surface area contributed by atoms with E-state index in [4.69, 9.17) is 0 Å². The fourth-order valence-electron chi connectivity index (χ4n) is 3.77. The monoisotopic (exact) mass is 471 g/mol. The van der Waals surface area contributed by atoms with Crippen LogP contribution in [0.15, 0.2) is 65.3 Å². The van der Waals surface area contributed by atoms with Crippen LogP contribution in [0, 0.1) is 6.92 Å². The Hall–Kier alpha value is -3.18. The number of aryl methyl sites for hydroxylation is 1. The molecule has 0 unspecified atom stereocenters. The minimum Gasteiger partial charge on any atom is -0.505 e. The van der Waals surface area contributed by atoms with Gasteiger partial charge >= 0.3 is 0 Å². The van der Waals surface area contributed by atoms with Gasteiger partial charge in [0.15, 0.2) is 17.2 Å². The molecule has 0 aliphatic rings. The molecule has 1 aromatic heterocycles. The number of phenols is 3. The van der Waals surface area contributed by atoms with Crippen LogP contribution < -0.4 is 10.9 Å². The number of aromatic nitrogens is 1. The van der Waals surface area contributed by atoms with Gasteiger partial charge in [-0.2, -0.15) is 0 Å². The molecule has 0 saturated heterocycles. The van der Waals surface area contributed by atoms with Crippen LogP contribution in [0.3, 0.4) is 0 Å². The Bertz CT molecular complexity index is 1280. The fourth-order valence-corrected chi connectivity index (χ4v) is 4.29. The Balaban J connectivity index is 1.73. The van der Waals surface area contributed by atoms with E-state index in [1.54, 1.807) is 21.9 Å². The van der Waals surface area contributed by atoms with Gasteiger partial charge in [0, 0.05) is 27.4 Å². The molecule has 4 aromatic rings. The number of halogens is 1. The van der Waals surface area contributed by atoms with E-state index in [1.165, 1.54) is 0 Å². The van der Waals surface area contributed by atoms with Gasteiger partial charge in [-0.1, -0.05) is 63.9 Å². The Morgan fingerprint density at radius 2 is 1.42 bits per heavy atom. The fraction of sp³-hybridized carbons (Fsp3) is 0.0417. The first-order chi connectivity index (χ1) is 14.8. The van der Waals surface area contributed by atoms with Crippen molar-refractivity contribution >= 4 is 42.5 Å². The van der Waals surface area contributed by atoms with Gasteiger partial charge in [-0.25, -0.2) is 0 Å². The second-order valence-electron chi connectivity index (χ2n) is 7.61. The Morgan fingerprint density at radius 1 is 0.774 bits per heavy atom. The van der Waals surface area contributed by atoms with Gasteiger partial charge in [0.1, 0.15) is 15.7 Å². The number of pyridine rings is 1. The van der Waals surface area contributed by atoms with Gasteiger partial charge in [0.05, 0.1) is 5.69 Å². The van der Waals surface area contributed by atoms with E-state index in [9.17, 15) is 15.3 Å². The first-order valence-electron chi connectivity index (χ1n) is 9.86. The molecule has 4 nitrogen and oxygen atoms in total. The Morgan fingerprint density at radius 3 is 2.06 bits per heavy atom. The van der Waals surface area contributed by atoms with Crippen molar-refractivity contribution in [1.29, 1.82) is 0 Å². The molecule has 0 fully saturated rings. The highest BCUT2D eigenvalue weighted by molar-refractivity contribution is 9.10. The summed E-state index contributed by atoms with van der Waals surface area (Å²) in [6.07, 6.45) is 1.70. The summed E-state index contributed by atoms with van der Waals surface area (Å²) in [7, 11) is 3.51. The second kappa shape index (κ2) is 8.16. The molecule has 152 valence electrons. The summed E-state index contributed by atoms with van der Waals surface area (Å²) in [4.78, 5) is 4.61. The summed E-state index contributed by atoms with van der Waals surface area (Å²) in [6, 6.07) is 18.3. The van der Waals surface area contributed by atoms with Gasteiger partial charge in [-0.05, 0) is 41.2 Å². The number of benzene rings is 3. The molecule has 4 rings (SSSR count). The molecule has 0 aliphatic heterocycles. The van der Waals surface area contributed by atoms with Crippen molar-refractivity contribution in [3.8, 4) is 50.8 Å². The SMILES string of the molecule is Bc1c(B)c(-c2cnc(-c3ccc(-c4ccccc4Br)cc3)cc2C)c(O)c(O)c1O. The molecular formula is C24H20B2BrNO3. The zero-order valence-corrected chi connectivity index (χ0v) is 19.0. The Labute approximate surface area is 191 Å². The first-order valence-corrected chi connectivity index (χ1v) is 10.6. The van der Waals surface area contributed by atoms with Gasteiger partial charge < -0.3 is 15.3 Å². The number of phenolic OH excluding ortho intramolecular Hbond substituents is 3. The van der Waals surface area contributed by atoms with Crippen molar-refractivity contribution in [1.82, 2.24) is 4.98 Å². The van der Waals surface area contributed by atoms with Crippen LogP contribution in [0.5, 0.6) is 17.2 Å². The molecule has 1 heterocycles. The number of hydrogen-bond acceptors (Lipinski definition) is 4. The molecule has 0 bridgehead atoms. The highest BCUT2D eigenvalue weighted by Gasteiger charge is 2.21. The molecule has 0 spiro atoms. The molecule has 0 amide bonds. The molecule has 0 saturated carbocycles. The van der Waals surface area contributed by atoms with Crippen LogP contribution in [0.1, 0.15) is 5.56 Å². The minimum absolute atomic E-state index is 0.300. The summed E-state index contributed by atoms with van der Waals surface area (Å²) in [6.45, 7) is 1.94. The number of aromatic hydroxyl groups is 3. The predicted molar refractivity (Wildman–Crippen MR) is 134 cm³/mol. The van der Waals surface area contributed by atoms with Gasteiger partial charge in [0.2, 0.25) is 0 Å². The van der Waals surface area contributed by atoms with Crippen LogP contribution in [0.2, 0.25) is 0 Å². The Kier molecular flexibility index (Phi) is 5.54. The highest BCUT2D eigenvalue weighted by atomic mass is 79.9. The van der Waals surface area contributed by atoms with Crippen molar-refractivity contribution in [2.24, 2.45) is 0 Å². The molecule has 0 aliphatic carbocycles. The lowest BCUT2D eigenvalue weighted by molar-refractivity contribution is 0.371. The standard InChI is InChI=1S/C24H20B2BrNO3/c1-12-10-18(14-8-6-13(7-9-14)15-4-2-3-5-17(15)27)28-11-16(12)19-20(25)21(26)23(30)24(31)22(19)29/h2-11,29-31H,25-26H2,1H3. The maximum atomic E-state index is 10.5. The molecule has 7 heteroatoms. The van der Waals surface area contributed by atoms with Crippen molar-refractivity contribution in [3.63, 3.8) is 0 Å². The quantitative estimate of drug-likeness (QED) is 0.317. The van der Waals surface area contributed by atoms with Crippen molar-refractivity contribution < 1.29 is 15.3 Å². The highest BCUT2D eigenvalue weighted by Crippen LogP contribution is 2.40. The van der Waals surface area contributed by atoms with Crippen LogP contribution in [-0.4, -0.2) is 36.0 Å². The summed E-state index contributed by atoms with van der Waals surface area (Å²) < 4.78 is 1.05. The van der Waals surface area contributed by atoms with E-state index in [1.807, 2.05) is 43.3 Å². The summed E-state index contributed by atoms with van der Waals surface area (Å²) >= 11 is 3.60. The summed E-state index contributed by atoms with van der Waals surface area (Å²) in [5.74, 6) is -1.15. The smallest absolute Gasteiger partial charge is 0.200 e. The third-order valence-corrected chi connectivity index (χ3v) is 6.42. The topological polar surface area (TPSA) is 73.6 Å². The van der Waals surface area contributed by atoms with E-state index in [0.29, 0.717) is 22.1 Å². The third-order valence-electron chi connectivity index (χ3n) is 5.72. The average Bonchev–Trinajstić information content (AvgIpc) is 2.78. The van der Waals surface area contributed by atoms with Gasteiger partial charge in [-0.15, -0.1) is 0 Å². The number of rotatable bonds is 3. The zero-order valence-electron chi connectivity index (χ0n) is 17.4. The van der Waals surface area contributed by atoms with Crippen LogP contribution in [-0.2, 0) is 0 Å². The lowest BCUT2D eigenvalue weighted by atomic mass is 9.74. The second-order valence-corrected chi connectivity index (χ2v) is 8.47. The van der Waals surface area contributed by atoms with E-state index in [2.05, 4.69) is 39.1 Å². The van der Waals surface area contributed by atoms with E-state index in [-0.39, 0.29) is 11.5 Å². The summed E-state index contributed by atoms with van der Waals surface area (Å²) in [5.41, 5.74) is 7.35. The largest absolute Gasteiger partial charge is 0.505 e. The van der Waals surface area contributed by atoms with Crippen molar-refractivity contribution in [2.45, 2.75) is 6.92 Å². The molecule has 3 aromatic carbocycles. The van der Waals surface area contributed by atoms with Crippen LogP contribution >= 0.6 is 15.9 Å². The normalized spacial score (nSPS) is 10.9. The van der Waals surface area contributed by atoms with Crippen molar-refractivity contribution in [2.75, 3.05) is 0 Å². The van der Waals surface area contributed by atoms with E-state index in [0.717, 1.165) is 32.4 Å². The maximum Gasteiger partial charge on any atom is 0.200 e. The van der Waals surface area contributed by atoms with Gasteiger partial charge in [0.25, 0.3) is 0 Å². The van der Waals surface area contributed by atoms with Crippen LogP contribution in [0.4, 0.5) is 0 Å². The lowest BCUT2D eigenvalue weighted by Crippen LogP contribution is -2.28. The maximum absolute atomic E-state index is 10.5. The van der Waals surface area contributed by atoms with E-state index >= 15 is 0 Å². The molecule has 3 N–H and O–H groups in total. The molecule has 31 heavy (non-hydrogen) atoms. The zero-order chi connectivity index (χ0) is 22.3. The first kappa shape index (κ1) is 21.1. The third kappa shape index (κ3) is 3.70. The van der Waals surface area contributed by atoms with Crippen LogP contribution in [0.25, 0.3) is 33.5 Å². The minimum atomic E-state index is -0.510. The van der Waals surface area contributed by atoms with Crippen molar-refractivity contribution in [3.05, 3.63) is 70.8 Å². The predicted octanol–water partition coefficient (Wildman–Crippen LogP) is 2.79.